The van der Waals surface area contributed by atoms with Crippen molar-refractivity contribution in [1.82, 2.24) is 14.9 Å². The average molecular weight is 526 g/mol. The van der Waals surface area contributed by atoms with E-state index in [2.05, 4.69) is 14.9 Å². The van der Waals surface area contributed by atoms with Crippen molar-refractivity contribution in [3.8, 4) is 11.3 Å². The Hall–Kier alpha value is -2.72. The Bertz CT molecular complexity index is 1510. The molecule has 0 aliphatic heterocycles. The van der Waals surface area contributed by atoms with Crippen LogP contribution in [0.2, 0.25) is 0 Å². The summed E-state index contributed by atoms with van der Waals surface area (Å²) in [5.41, 5.74) is 5.67. The van der Waals surface area contributed by atoms with Gasteiger partial charge in [-0.05, 0) is 69.5 Å². The van der Waals surface area contributed by atoms with Crippen LogP contribution in [0.25, 0.3) is 22.2 Å². The maximum absolute atomic E-state index is 13.2. The van der Waals surface area contributed by atoms with Gasteiger partial charge in [0.1, 0.15) is 10.4 Å². The average Bonchev–Trinajstić information content (AvgIpc) is 3.21. The number of fused-ring (bicyclic) bond motifs is 1. The number of nitrogens with zero attached hydrogens (tertiary/aromatic N) is 2. The van der Waals surface area contributed by atoms with E-state index < -0.39 is 32.0 Å². The van der Waals surface area contributed by atoms with E-state index in [1.165, 1.54) is 6.07 Å². The van der Waals surface area contributed by atoms with Crippen LogP contribution in [0.5, 0.6) is 0 Å². The Morgan fingerprint density at radius 3 is 2.50 bits per heavy atom. The van der Waals surface area contributed by atoms with Gasteiger partial charge in [0.25, 0.3) is 0 Å². The molecule has 9 heteroatoms. The lowest BCUT2D eigenvalue weighted by molar-refractivity contribution is 0.459. The van der Waals surface area contributed by atoms with Crippen molar-refractivity contribution >= 4 is 32.2 Å². The van der Waals surface area contributed by atoms with Gasteiger partial charge < -0.3 is 9.08 Å². The lowest BCUT2D eigenvalue weighted by Gasteiger charge is -2.29. The van der Waals surface area contributed by atoms with Crippen molar-refractivity contribution in [2.75, 3.05) is 6.26 Å². The van der Waals surface area contributed by atoms with Gasteiger partial charge >= 0.3 is 0 Å². The van der Waals surface area contributed by atoms with Gasteiger partial charge in [0.2, 0.25) is 0 Å². The molecule has 0 saturated heterocycles. The molecule has 190 valence electrons. The number of nitrogens with one attached hydrogen (secondary N) is 1. The van der Waals surface area contributed by atoms with Crippen molar-refractivity contribution in [3.63, 3.8) is 0 Å². The molecule has 2 aromatic carbocycles. The number of aryl methyl sites for hydroxylation is 2. The fraction of sp³-hybridized carbons (Fsp3) is 0.333. The van der Waals surface area contributed by atoms with Gasteiger partial charge in [-0.3, -0.25) is 0 Å². The van der Waals surface area contributed by atoms with Crippen LogP contribution < -0.4 is 4.72 Å². The number of aromatic nitrogens is 2. The first-order chi connectivity index (χ1) is 16.8. The van der Waals surface area contributed by atoms with E-state index in [-0.39, 0.29) is 5.03 Å². The summed E-state index contributed by atoms with van der Waals surface area (Å²) in [7, 11) is -3.47. The van der Waals surface area contributed by atoms with Crippen LogP contribution in [0.15, 0.2) is 64.1 Å². The lowest BCUT2D eigenvalue weighted by atomic mass is 9.93. The second-order valence-corrected chi connectivity index (χ2v) is 14.0. The molecule has 4 rings (SSSR count). The molecule has 2 heterocycles. The zero-order chi connectivity index (χ0) is 26.3. The minimum atomic E-state index is -3.47. The van der Waals surface area contributed by atoms with Gasteiger partial charge in [0, 0.05) is 40.7 Å². The normalized spacial score (nSPS) is 14.2. The molecule has 0 aliphatic rings. The predicted octanol–water partition coefficient (Wildman–Crippen LogP) is 5.25. The summed E-state index contributed by atoms with van der Waals surface area (Å²) in [5.74, 6) is 0. The quantitative estimate of drug-likeness (QED) is 0.329. The fourth-order valence-electron chi connectivity index (χ4n) is 3.93. The highest BCUT2D eigenvalue weighted by Crippen LogP contribution is 2.35. The number of pyridine rings is 1. The molecule has 2 aromatic heterocycles. The topological polar surface area (TPSA) is 108 Å². The van der Waals surface area contributed by atoms with Crippen LogP contribution in [0.1, 0.15) is 49.2 Å². The van der Waals surface area contributed by atoms with Crippen molar-refractivity contribution in [3.05, 3.63) is 77.0 Å². The SMILES string of the molecule is Cc1ccc2c(-c3ccccc3C(Cc3nc(S(C)(=O)=O)ccc3C)N[S+]([O-])C(C)(C)C)noc2c1. The zero-order valence-electron chi connectivity index (χ0n) is 21.3. The van der Waals surface area contributed by atoms with Crippen LogP contribution in [0, 0.1) is 13.8 Å². The summed E-state index contributed by atoms with van der Waals surface area (Å²) < 4.78 is 46.0. The largest absolute Gasteiger partial charge is 0.598 e. The minimum absolute atomic E-state index is 0.0185. The number of benzene rings is 2. The molecule has 0 bridgehead atoms. The molecule has 1 N–H and O–H groups in total. The van der Waals surface area contributed by atoms with Crippen molar-refractivity contribution in [2.45, 2.75) is 56.9 Å². The van der Waals surface area contributed by atoms with E-state index >= 15 is 0 Å². The highest BCUT2D eigenvalue weighted by Gasteiger charge is 2.32. The second-order valence-electron chi connectivity index (χ2n) is 10.1. The van der Waals surface area contributed by atoms with E-state index in [0.717, 1.165) is 33.9 Å². The third-order valence-corrected chi connectivity index (χ3v) is 8.58. The van der Waals surface area contributed by atoms with Gasteiger partial charge in [-0.15, -0.1) is 4.72 Å². The highest BCUT2D eigenvalue weighted by atomic mass is 32.2. The van der Waals surface area contributed by atoms with Crippen LogP contribution in [-0.4, -0.2) is 34.1 Å². The van der Waals surface area contributed by atoms with E-state index in [1.807, 2.05) is 77.1 Å². The summed E-state index contributed by atoms with van der Waals surface area (Å²) in [6, 6.07) is 16.6. The lowest BCUT2D eigenvalue weighted by Crippen LogP contribution is -2.42. The van der Waals surface area contributed by atoms with Crippen molar-refractivity contribution in [2.24, 2.45) is 0 Å². The number of hydrogen-bond donors (Lipinski definition) is 1. The first-order valence-electron chi connectivity index (χ1n) is 11.6. The van der Waals surface area contributed by atoms with Crippen molar-refractivity contribution in [1.29, 1.82) is 0 Å². The molecule has 7 nitrogen and oxygen atoms in total. The standard InChI is InChI=1S/C27H31N3O4S2/c1-17-11-13-21-24(15-17)34-29-26(21)20-10-8-7-9-19(20)23(30-35(31)27(3,4)5)16-22-18(2)12-14-25(28-22)36(6,32)33/h7-15,23,30H,16H2,1-6H3. The maximum Gasteiger partial charge on any atom is 0.192 e. The fourth-order valence-corrected chi connectivity index (χ4v) is 5.35. The third kappa shape index (κ3) is 5.64. The summed E-state index contributed by atoms with van der Waals surface area (Å²) in [4.78, 5) is 4.47. The maximum atomic E-state index is 13.2. The molecule has 0 spiro atoms. The monoisotopic (exact) mass is 525 g/mol. The Kier molecular flexibility index (Phi) is 7.30. The summed E-state index contributed by atoms with van der Waals surface area (Å²) in [6.07, 6.45) is 1.48. The smallest absolute Gasteiger partial charge is 0.192 e. The molecule has 0 radical (unpaired) electrons. The first kappa shape index (κ1) is 26.3. The molecule has 4 aromatic rings. The highest BCUT2D eigenvalue weighted by molar-refractivity contribution is 7.91. The Labute approximate surface area is 215 Å². The number of rotatable bonds is 7. The van der Waals surface area contributed by atoms with Crippen LogP contribution in [0.4, 0.5) is 0 Å². The molecule has 0 fully saturated rings. The Morgan fingerprint density at radius 1 is 1.08 bits per heavy atom. The number of sulfone groups is 1. The molecule has 0 amide bonds. The van der Waals surface area contributed by atoms with Gasteiger partial charge in [-0.2, -0.15) is 0 Å². The molecule has 36 heavy (non-hydrogen) atoms. The predicted molar refractivity (Wildman–Crippen MR) is 144 cm³/mol. The van der Waals surface area contributed by atoms with E-state index in [0.29, 0.717) is 23.4 Å². The second kappa shape index (κ2) is 9.97. The van der Waals surface area contributed by atoms with Crippen molar-refractivity contribution < 1.29 is 17.5 Å². The van der Waals surface area contributed by atoms with Gasteiger partial charge in [0.15, 0.2) is 20.4 Å². The molecular formula is C27H31N3O4S2. The van der Waals surface area contributed by atoms with E-state index in [1.54, 1.807) is 6.07 Å². The Morgan fingerprint density at radius 2 is 1.81 bits per heavy atom. The van der Waals surface area contributed by atoms with E-state index in [9.17, 15) is 13.0 Å². The molecule has 2 atom stereocenters. The summed E-state index contributed by atoms with van der Waals surface area (Å²) in [5, 5.41) is 5.28. The van der Waals surface area contributed by atoms with Gasteiger partial charge in [0.05, 0.1) is 6.04 Å². The molecule has 0 saturated carbocycles. The van der Waals surface area contributed by atoms with E-state index in [4.69, 9.17) is 4.52 Å². The third-order valence-electron chi connectivity index (χ3n) is 5.98. The van der Waals surface area contributed by atoms with Crippen LogP contribution in [-0.2, 0) is 27.6 Å². The summed E-state index contributed by atoms with van der Waals surface area (Å²) >= 11 is -1.40. The van der Waals surface area contributed by atoms with Crippen LogP contribution in [0.3, 0.4) is 0 Å². The molecular weight excluding hydrogens is 494 g/mol. The Balaban J connectivity index is 1.84. The molecule has 0 aliphatic carbocycles. The van der Waals surface area contributed by atoms with Gasteiger partial charge in [-0.25, -0.2) is 13.4 Å². The minimum Gasteiger partial charge on any atom is -0.598 e. The van der Waals surface area contributed by atoms with Gasteiger partial charge in [-0.1, -0.05) is 41.6 Å². The first-order valence-corrected chi connectivity index (χ1v) is 14.7. The van der Waals surface area contributed by atoms with Crippen LogP contribution >= 0.6 is 0 Å². The summed E-state index contributed by atoms with van der Waals surface area (Å²) in [6.45, 7) is 9.60. The number of hydrogen-bond acceptors (Lipinski definition) is 7. The zero-order valence-corrected chi connectivity index (χ0v) is 23.0. The molecule has 2 unspecified atom stereocenters.